The van der Waals surface area contributed by atoms with Gasteiger partial charge in [-0.25, -0.2) is 4.98 Å². The molecule has 1 unspecified atom stereocenters. The average molecular weight is 280 g/mol. The summed E-state index contributed by atoms with van der Waals surface area (Å²) in [5.41, 5.74) is 2.13. The van der Waals surface area contributed by atoms with Crippen LogP contribution in [0.5, 0.6) is 0 Å². The van der Waals surface area contributed by atoms with E-state index in [-0.39, 0.29) is 0 Å². The third-order valence-corrected chi connectivity index (χ3v) is 6.11. The maximum absolute atomic E-state index is 4.64. The molecule has 1 saturated carbocycles. The van der Waals surface area contributed by atoms with Crippen molar-refractivity contribution in [1.29, 1.82) is 0 Å². The Morgan fingerprint density at radius 3 is 2.37 bits per heavy atom. The average Bonchev–Trinajstić information content (AvgIpc) is 2.64. The molecule has 1 fully saturated rings. The molecule has 1 aromatic heterocycles. The van der Waals surface area contributed by atoms with E-state index in [1.165, 1.54) is 17.1 Å². The molecule has 108 valence electrons. The van der Waals surface area contributed by atoms with Crippen molar-refractivity contribution in [2.75, 3.05) is 6.54 Å². The number of thiazole rings is 1. The summed E-state index contributed by atoms with van der Waals surface area (Å²) in [5.74, 6) is 0.744. The normalized spacial score (nSPS) is 22.4. The van der Waals surface area contributed by atoms with Crippen LogP contribution >= 0.6 is 11.3 Å². The number of hydrogen-bond donors (Lipinski definition) is 1. The molecule has 0 radical (unpaired) electrons. The fourth-order valence-electron chi connectivity index (χ4n) is 3.62. The van der Waals surface area contributed by atoms with E-state index in [4.69, 9.17) is 0 Å². The highest BCUT2D eigenvalue weighted by atomic mass is 32.1. The van der Waals surface area contributed by atoms with Gasteiger partial charge in [-0.1, -0.05) is 34.6 Å². The van der Waals surface area contributed by atoms with Gasteiger partial charge in [-0.15, -0.1) is 11.3 Å². The van der Waals surface area contributed by atoms with Crippen LogP contribution in [0, 0.1) is 23.7 Å². The molecule has 1 N–H and O–H groups in total. The first kappa shape index (κ1) is 15.0. The summed E-state index contributed by atoms with van der Waals surface area (Å²) in [6, 6.07) is 0.562. The number of nitrogens with one attached hydrogen (secondary N) is 1. The summed E-state index contributed by atoms with van der Waals surface area (Å²) in [7, 11) is 0. The molecule has 2 rings (SSSR count). The molecule has 1 aliphatic carbocycles. The van der Waals surface area contributed by atoms with Crippen LogP contribution in [0.3, 0.4) is 0 Å². The van der Waals surface area contributed by atoms with Gasteiger partial charge in [0.2, 0.25) is 0 Å². The van der Waals surface area contributed by atoms with E-state index >= 15 is 0 Å². The molecule has 3 heteroatoms. The van der Waals surface area contributed by atoms with Gasteiger partial charge in [-0.2, -0.15) is 0 Å². The zero-order valence-electron chi connectivity index (χ0n) is 13.2. The summed E-state index contributed by atoms with van der Waals surface area (Å²) >= 11 is 1.76. The molecule has 1 aliphatic rings. The SMILES string of the molecule is CCCNC(Cc1csc(C)n1)C1C(C)(C)C1(C)C. The second kappa shape index (κ2) is 5.17. The molecule has 0 spiro atoms. The van der Waals surface area contributed by atoms with Crippen LogP contribution in [0.1, 0.15) is 51.7 Å². The number of hydrogen-bond acceptors (Lipinski definition) is 3. The molecule has 1 aromatic rings. The van der Waals surface area contributed by atoms with E-state index in [9.17, 15) is 0 Å². The van der Waals surface area contributed by atoms with Crippen LogP contribution in [0.2, 0.25) is 0 Å². The molecule has 0 amide bonds. The first-order valence-corrected chi connectivity index (χ1v) is 8.33. The fourth-order valence-corrected chi connectivity index (χ4v) is 4.24. The largest absolute Gasteiger partial charge is 0.313 e. The predicted octanol–water partition coefficient (Wildman–Crippen LogP) is 4.04. The van der Waals surface area contributed by atoms with Crippen molar-refractivity contribution in [2.45, 2.75) is 60.4 Å². The van der Waals surface area contributed by atoms with Crippen molar-refractivity contribution in [2.24, 2.45) is 16.7 Å². The van der Waals surface area contributed by atoms with Crippen molar-refractivity contribution in [1.82, 2.24) is 10.3 Å². The quantitative estimate of drug-likeness (QED) is 0.850. The minimum Gasteiger partial charge on any atom is -0.313 e. The van der Waals surface area contributed by atoms with E-state index in [2.05, 4.69) is 57.2 Å². The van der Waals surface area contributed by atoms with E-state index in [1.807, 2.05) is 0 Å². The van der Waals surface area contributed by atoms with Crippen molar-refractivity contribution in [3.05, 3.63) is 16.1 Å². The first-order chi connectivity index (χ1) is 8.80. The summed E-state index contributed by atoms with van der Waals surface area (Å²) in [4.78, 5) is 4.64. The Labute approximate surface area is 122 Å². The monoisotopic (exact) mass is 280 g/mol. The molecule has 19 heavy (non-hydrogen) atoms. The van der Waals surface area contributed by atoms with Crippen LogP contribution in [0.25, 0.3) is 0 Å². The molecule has 0 aliphatic heterocycles. The van der Waals surface area contributed by atoms with Crippen molar-refractivity contribution in [3.63, 3.8) is 0 Å². The van der Waals surface area contributed by atoms with Crippen molar-refractivity contribution >= 4 is 11.3 Å². The van der Waals surface area contributed by atoms with Gasteiger partial charge in [-0.3, -0.25) is 0 Å². The van der Waals surface area contributed by atoms with Crippen LogP contribution in [0.15, 0.2) is 5.38 Å². The molecular weight excluding hydrogens is 252 g/mol. The minimum atomic E-state index is 0.434. The van der Waals surface area contributed by atoms with Crippen molar-refractivity contribution < 1.29 is 0 Å². The van der Waals surface area contributed by atoms with Crippen LogP contribution in [-0.4, -0.2) is 17.6 Å². The number of aryl methyl sites for hydroxylation is 1. The molecule has 2 nitrogen and oxygen atoms in total. The topological polar surface area (TPSA) is 24.9 Å². The maximum Gasteiger partial charge on any atom is 0.0897 e. The number of rotatable bonds is 6. The summed E-state index contributed by atoms with van der Waals surface area (Å²) in [6.07, 6.45) is 2.27. The zero-order valence-corrected chi connectivity index (χ0v) is 14.0. The lowest BCUT2D eigenvalue weighted by Crippen LogP contribution is -2.36. The summed E-state index contributed by atoms with van der Waals surface area (Å²) in [6.45, 7) is 15.1. The lowest BCUT2D eigenvalue weighted by atomic mass is 10.00. The van der Waals surface area contributed by atoms with Gasteiger partial charge in [0.15, 0.2) is 0 Å². The second-order valence-corrected chi connectivity index (χ2v) is 8.11. The van der Waals surface area contributed by atoms with Gasteiger partial charge in [0.25, 0.3) is 0 Å². The van der Waals surface area contributed by atoms with Gasteiger partial charge in [0, 0.05) is 17.8 Å². The molecule has 0 saturated heterocycles. The standard InChI is InChI=1S/C16H28N2S/c1-7-8-17-13(9-12-10-19-11(2)18-12)14-15(3,4)16(14,5)6/h10,13-14,17H,7-9H2,1-6H3. The molecule has 0 aromatic carbocycles. The van der Waals surface area contributed by atoms with Gasteiger partial charge in [-0.05, 0) is 36.6 Å². The highest BCUT2D eigenvalue weighted by Crippen LogP contribution is 2.69. The van der Waals surface area contributed by atoms with E-state index in [1.54, 1.807) is 11.3 Å². The third kappa shape index (κ3) is 2.73. The van der Waals surface area contributed by atoms with Gasteiger partial charge in [0.1, 0.15) is 0 Å². The zero-order chi connectivity index (χ0) is 14.3. The summed E-state index contributed by atoms with van der Waals surface area (Å²) in [5, 5.41) is 7.16. The van der Waals surface area contributed by atoms with E-state index in [0.29, 0.717) is 16.9 Å². The van der Waals surface area contributed by atoms with E-state index in [0.717, 1.165) is 18.9 Å². The first-order valence-electron chi connectivity index (χ1n) is 7.45. The van der Waals surface area contributed by atoms with Crippen molar-refractivity contribution in [3.8, 4) is 0 Å². The molecular formula is C16H28N2S. The Balaban J connectivity index is 2.09. The van der Waals surface area contributed by atoms with Gasteiger partial charge < -0.3 is 5.32 Å². The maximum atomic E-state index is 4.64. The molecule has 1 atom stereocenters. The van der Waals surface area contributed by atoms with Crippen LogP contribution in [-0.2, 0) is 6.42 Å². The highest BCUT2D eigenvalue weighted by Gasteiger charge is 2.66. The molecule has 0 bridgehead atoms. The van der Waals surface area contributed by atoms with Crippen LogP contribution < -0.4 is 5.32 Å². The Morgan fingerprint density at radius 2 is 1.95 bits per heavy atom. The third-order valence-electron chi connectivity index (χ3n) is 5.29. The highest BCUT2D eigenvalue weighted by molar-refractivity contribution is 7.09. The van der Waals surface area contributed by atoms with Crippen LogP contribution in [0.4, 0.5) is 0 Å². The second-order valence-electron chi connectivity index (χ2n) is 7.04. The van der Waals surface area contributed by atoms with Gasteiger partial charge in [0.05, 0.1) is 10.7 Å². The number of aromatic nitrogens is 1. The fraction of sp³-hybridized carbons (Fsp3) is 0.812. The minimum absolute atomic E-state index is 0.434. The lowest BCUT2D eigenvalue weighted by Gasteiger charge is -2.20. The van der Waals surface area contributed by atoms with Gasteiger partial charge >= 0.3 is 0 Å². The summed E-state index contributed by atoms with van der Waals surface area (Å²) < 4.78 is 0. The van der Waals surface area contributed by atoms with E-state index < -0.39 is 0 Å². The Morgan fingerprint density at radius 1 is 1.32 bits per heavy atom. The smallest absolute Gasteiger partial charge is 0.0897 e. The predicted molar refractivity (Wildman–Crippen MR) is 83.7 cm³/mol. The Kier molecular flexibility index (Phi) is 4.08. The lowest BCUT2D eigenvalue weighted by molar-refractivity contribution is 0.393. The number of nitrogens with zero attached hydrogens (tertiary/aromatic N) is 1. The Bertz CT molecular complexity index is 420. The Hall–Kier alpha value is -0.410. The molecule has 1 heterocycles.